The van der Waals surface area contributed by atoms with Crippen LogP contribution < -0.4 is 11.1 Å². The number of rotatable bonds is 5. The van der Waals surface area contributed by atoms with Gasteiger partial charge in [0.25, 0.3) is 11.1 Å². The Kier molecular flexibility index (Phi) is 26.6. The Labute approximate surface area is 374 Å². The van der Waals surface area contributed by atoms with Crippen molar-refractivity contribution in [1.29, 1.82) is 0 Å². The van der Waals surface area contributed by atoms with Crippen LogP contribution in [-0.4, -0.2) is 19.1 Å². The van der Waals surface area contributed by atoms with Crippen LogP contribution in [0, 0.1) is 32.4 Å². The highest BCUT2D eigenvalue weighted by atomic mass is 35.5. The zero-order valence-corrected chi connectivity index (χ0v) is 35.4. The van der Waals surface area contributed by atoms with E-state index in [1.54, 1.807) is 22.9 Å². The van der Waals surface area contributed by atoms with Gasteiger partial charge < -0.3 is 4.57 Å². The van der Waals surface area contributed by atoms with Crippen molar-refractivity contribution >= 4 is 11.6 Å². The average molecular weight is 894 g/mol. The number of hydrogen-bond acceptors (Lipinski definition) is 4. The first-order valence-corrected chi connectivity index (χ1v) is 19.5. The smallest absolute Gasteiger partial charge is 0.312 e. The van der Waals surface area contributed by atoms with Gasteiger partial charge in [0.1, 0.15) is 11.6 Å². The number of aromatic nitrogens is 4. The number of hydrogen-bond donors (Lipinski definition) is 0. The van der Waals surface area contributed by atoms with E-state index < -0.39 is 23.5 Å². The lowest BCUT2D eigenvalue weighted by atomic mass is 9.96. The molecule has 5 aromatic rings. The molecule has 6 nitrogen and oxygen atoms in total. The molecule has 0 atom stereocenters. The van der Waals surface area contributed by atoms with Gasteiger partial charge in [-0.25, -0.2) is 8.78 Å². The lowest BCUT2D eigenvalue weighted by Crippen LogP contribution is -2.22. The zero-order valence-electron chi connectivity index (χ0n) is 34.7. The molecule has 1 aromatic carbocycles. The number of alkyl halides is 3. The monoisotopic (exact) mass is 893 g/mol. The van der Waals surface area contributed by atoms with Crippen LogP contribution in [0.25, 0.3) is 5.69 Å². The van der Waals surface area contributed by atoms with Gasteiger partial charge in [0.2, 0.25) is 0 Å². The van der Waals surface area contributed by atoms with E-state index >= 15 is 0 Å². The molecule has 6 rings (SSSR count). The van der Waals surface area contributed by atoms with Crippen LogP contribution in [0.3, 0.4) is 0 Å². The molecule has 0 fully saturated rings. The van der Waals surface area contributed by atoms with Crippen LogP contribution in [0.1, 0.15) is 173 Å². The van der Waals surface area contributed by atoms with E-state index in [2.05, 4.69) is 37.7 Å². The molecule has 0 saturated heterocycles. The number of para-hydroxylation sites is 1. The van der Waals surface area contributed by atoms with Gasteiger partial charge in [0.05, 0.1) is 23.0 Å². The molecule has 0 bridgehead atoms. The first-order valence-electron chi connectivity index (χ1n) is 19.1. The van der Waals surface area contributed by atoms with E-state index in [9.17, 15) is 31.5 Å². The highest BCUT2D eigenvalue weighted by molar-refractivity contribution is 6.31. The topological polar surface area (TPSA) is 69.8 Å². The molecule has 4 aromatic heterocycles. The van der Waals surface area contributed by atoms with Crippen molar-refractivity contribution in [2.45, 2.75) is 163 Å². The molecule has 348 valence electrons. The number of benzene rings is 1. The Morgan fingerprint density at radius 3 is 1.55 bits per heavy atom. The van der Waals surface area contributed by atoms with Crippen LogP contribution in [0.15, 0.2) is 76.8 Å². The van der Waals surface area contributed by atoms with Gasteiger partial charge in [-0.1, -0.05) is 122 Å². The molecule has 1 aliphatic heterocycles. The largest absolute Gasteiger partial charge is 0.418 e. The van der Waals surface area contributed by atoms with Crippen LogP contribution in [0.2, 0.25) is 5.02 Å². The molecule has 0 saturated carbocycles. The molecule has 62 heavy (non-hydrogen) atoms. The van der Waals surface area contributed by atoms with Crippen molar-refractivity contribution in [3.8, 4) is 5.69 Å². The second-order valence-corrected chi connectivity index (χ2v) is 15.7. The normalized spacial score (nSPS) is 11.2. The maximum atomic E-state index is 13.1. The molecule has 5 heterocycles. The van der Waals surface area contributed by atoms with Crippen LogP contribution in [0.5, 0.6) is 0 Å². The highest BCUT2D eigenvalue weighted by Gasteiger charge is 2.35. The predicted molar refractivity (Wildman–Crippen MR) is 254 cm³/mol. The van der Waals surface area contributed by atoms with E-state index in [0.717, 1.165) is 64.9 Å². The van der Waals surface area contributed by atoms with Crippen molar-refractivity contribution in [3.63, 3.8) is 0 Å². The van der Waals surface area contributed by atoms with E-state index in [1.165, 1.54) is 25.6 Å². The van der Waals surface area contributed by atoms with Crippen molar-refractivity contribution in [3.05, 3.63) is 155 Å². The molecule has 12 heteroatoms. The quantitative estimate of drug-likeness (QED) is 0.165. The average Bonchev–Trinajstić information content (AvgIpc) is 3.58. The number of fused-ring (bicyclic) bond motifs is 1. The molecule has 0 radical (unpaired) electrons. The summed E-state index contributed by atoms with van der Waals surface area (Å²) >= 11 is 6.09. The fourth-order valence-corrected chi connectivity index (χ4v) is 7.83. The lowest BCUT2D eigenvalue weighted by molar-refractivity contribution is -0.138. The first-order chi connectivity index (χ1) is 26.6. The summed E-state index contributed by atoms with van der Waals surface area (Å²) in [6, 6.07) is 13.1. The van der Waals surface area contributed by atoms with Gasteiger partial charge in [-0.05, 0) is 97.2 Å². The zero-order chi connectivity index (χ0) is 42.9. The molecule has 0 spiro atoms. The van der Waals surface area contributed by atoms with Gasteiger partial charge in [-0.3, -0.25) is 24.1 Å². The molecule has 0 aliphatic carbocycles. The molecule has 1 aliphatic rings. The van der Waals surface area contributed by atoms with Gasteiger partial charge in [0, 0.05) is 53.7 Å². The third-order valence-corrected chi connectivity index (χ3v) is 9.94. The van der Waals surface area contributed by atoms with Gasteiger partial charge in [-0.2, -0.15) is 13.2 Å². The molecular formula is C50H74ClF5N4O2. The van der Waals surface area contributed by atoms with Crippen molar-refractivity contribution < 1.29 is 22.0 Å². The van der Waals surface area contributed by atoms with Crippen molar-refractivity contribution in [2.24, 2.45) is 0 Å². The Balaban J connectivity index is -0.000000738. The summed E-state index contributed by atoms with van der Waals surface area (Å²) in [6.07, 6.45) is 1.91. The van der Waals surface area contributed by atoms with Gasteiger partial charge in [0.15, 0.2) is 0 Å². The summed E-state index contributed by atoms with van der Waals surface area (Å²) in [5.74, 6) is -0.578. The number of halogens is 6. The number of nitrogens with zero attached hydrogens (tertiary/aromatic N) is 4. The van der Waals surface area contributed by atoms with E-state index in [-0.39, 0.29) is 65.6 Å². The van der Waals surface area contributed by atoms with E-state index in [0.29, 0.717) is 23.1 Å². The highest BCUT2D eigenvalue weighted by Crippen LogP contribution is 2.36. The Hall–Kier alpha value is -4.64. The van der Waals surface area contributed by atoms with Crippen LogP contribution in [0.4, 0.5) is 22.0 Å². The summed E-state index contributed by atoms with van der Waals surface area (Å²) in [4.78, 5) is 30.7. The van der Waals surface area contributed by atoms with Gasteiger partial charge >= 0.3 is 6.18 Å². The van der Waals surface area contributed by atoms with Crippen LogP contribution >= 0.6 is 11.6 Å². The second kappa shape index (κ2) is 26.7. The fourth-order valence-electron chi connectivity index (χ4n) is 7.41. The fraction of sp³-hybridized carbons (Fsp3) is 0.480. The molecule has 0 N–H and O–H groups in total. The third kappa shape index (κ3) is 15.3. The standard InChI is InChI=1S/C16H19NO.C11H14ClNO.C9H9F4N.C9H12FN.5CH4/c1-11(2)16-12(3)10-15(18)17(13(16)4)14-8-6-5-7-9-14;1-7(2)11-8(12)6-10(14)13-5-3-4-9(11)13;1-5(2)8-6(9(11,12)13)3-14-4-7(8)10;1-6(2)9-7(3)4-11-5-8(9)10;;;;;/h5-11H,1-4H3;6-7H,3-5H2,1-2H3;3-5H,1-2H3;4-6H,1-3H3;5*1H4. The Bertz CT molecular complexity index is 2230. The molecule has 0 amide bonds. The first kappa shape index (κ1) is 61.7. The second-order valence-electron chi connectivity index (χ2n) is 15.3. The SMILES string of the molecule is C.C.C.C.C.CC(C)c1c(Cl)cc(=O)n2c1CCC2.CC(C)c1c(F)cncc1C(F)(F)F.Cc1cc(=O)n(-c2ccccc2)c(C)c1C(C)C.Cc1cncc(F)c1C(C)C. The maximum Gasteiger partial charge on any atom is 0.418 e. The summed E-state index contributed by atoms with van der Waals surface area (Å²) in [5.41, 5.74) is 7.11. The minimum Gasteiger partial charge on any atom is -0.312 e. The third-order valence-electron chi connectivity index (χ3n) is 9.62. The molecular weight excluding hydrogens is 819 g/mol. The number of aryl methyl sites for hydroxylation is 2. The summed E-state index contributed by atoms with van der Waals surface area (Å²) in [7, 11) is 0. The summed E-state index contributed by atoms with van der Waals surface area (Å²) < 4.78 is 66.9. The maximum absolute atomic E-state index is 13.1. The van der Waals surface area contributed by atoms with Crippen LogP contribution in [-0.2, 0) is 19.1 Å². The minimum absolute atomic E-state index is 0. The Morgan fingerprint density at radius 2 is 1.11 bits per heavy atom. The molecule has 0 unspecified atom stereocenters. The summed E-state index contributed by atoms with van der Waals surface area (Å²) in [5, 5.41) is 0.637. The van der Waals surface area contributed by atoms with E-state index in [1.807, 2.05) is 69.5 Å². The van der Waals surface area contributed by atoms with Crippen molar-refractivity contribution in [1.82, 2.24) is 19.1 Å². The minimum atomic E-state index is -4.55. The number of pyridine rings is 4. The van der Waals surface area contributed by atoms with Gasteiger partial charge in [-0.15, -0.1) is 0 Å². The Morgan fingerprint density at radius 1 is 0.629 bits per heavy atom. The lowest BCUT2D eigenvalue weighted by Gasteiger charge is -2.18. The van der Waals surface area contributed by atoms with Crippen molar-refractivity contribution in [2.75, 3.05) is 0 Å². The van der Waals surface area contributed by atoms with E-state index in [4.69, 9.17) is 11.6 Å². The summed E-state index contributed by atoms with van der Waals surface area (Å²) in [6.45, 7) is 22.3. The predicted octanol–water partition coefficient (Wildman–Crippen LogP) is 15.3.